The van der Waals surface area contributed by atoms with E-state index < -0.39 is 0 Å². The summed E-state index contributed by atoms with van der Waals surface area (Å²) in [6.07, 6.45) is 7.66. The van der Waals surface area contributed by atoms with Gasteiger partial charge < -0.3 is 10.6 Å². The molecule has 7 heteroatoms. The predicted octanol–water partition coefficient (Wildman–Crippen LogP) is 1.50. The second kappa shape index (κ2) is 5.97. The Morgan fingerprint density at radius 2 is 2.05 bits per heavy atom. The largest absolute Gasteiger partial charge is 0.356 e. The van der Waals surface area contributed by atoms with E-state index in [9.17, 15) is 0 Å². The third kappa shape index (κ3) is 2.47. The Bertz CT molecular complexity index is 590. The number of anilines is 1. The van der Waals surface area contributed by atoms with Crippen molar-refractivity contribution in [3.63, 3.8) is 0 Å². The Morgan fingerprint density at radius 1 is 1.25 bits per heavy atom. The number of hydrogen-bond donors (Lipinski definition) is 1. The van der Waals surface area contributed by atoms with Crippen LogP contribution in [0.4, 0.5) is 5.82 Å². The van der Waals surface area contributed by atoms with Crippen molar-refractivity contribution < 1.29 is 0 Å². The molecule has 0 unspecified atom stereocenters. The summed E-state index contributed by atoms with van der Waals surface area (Å²) in [6, 6.07) is 0. The summed E-state index contributed by atoms with van der Waals surface area (Å²) in [4.78, 5) is 11.7. The molecule has 3 heterocycles. The first-order chi connectivity index (χ1) is 9.83. The first-order valence-corrected chi connectivity index (χ1v) is 8.28. The maximum atomic E-state index is 5.64. The van der Waals surface area contributed by atoms with Crippen LogP contribution in [0.25, 0.3) is 11.0 Å². The molecule has 1 fully saturated rings. The monoisotopic (exact) mass is 292 g/mol. The molecule has 0 saturated carbocycles. The van der Waals surface area contributed by atoms with Gasteiger partial charge in [-0.15, -0.1) is 0 Å². The number of thioether (sulfide) groups is 1. The fourth-order valence-electron chi connectivity index (χ4n) is 2.64. The van der Waals surface area contributed by atoms with Crippen LogP contribution in [-0.4, -0.2) is 45.6 Å². The van der Waals surface area contributed by atoms with Gasteiger partial charge in [-0.25, -0.2) is 14.6 Å². The minimum absolute atomic E-state index is 0.564. The molecular weight excluding hydrogens is 272 g/mol. The Morgan fingerprint density at radius 3 is 2.75 bits per heavy atom. The summed E-state index contributed by atoms with van der Waals surface area (Å²) >= 11 is 1.57. The van der Waals surface area contributed by atoms with Crippen molar-refractivity contribution in [1.82, 2.24) is 19.7 Å². The number of piperidine rings is 1. The molecule has 3 rings (SSSR count). The summed E-state index contributed by atoms with van der Waals surface area (Å²) < 4.78 is 1.88. The van der Waals surface area contributed by atoms with E-state index in [0.29, 0.717) is 13.1 Å². The summed E-state index contributed by atoms with van der Waals surface area (Å²) in [5.74, 6) is 1.03. The fourth-order valence-corrected chi connectivity index (χ4v) is 3.00. The summed E-state index contributed by atoms with van der Waals surface area (Å²) in [5, 5.41) is 6.26. The smallest absolute Gasteiger partial charge is 0.191 e. The predicted molar refractivity (Wildman–Crippen MR) is 82.2 cm³/mol. The van der Waals surface area contributed by atoms with Crippen LogP contribution in [0, 0.1) is 0 Å². The molecule has 0 atom stereocenters. The van der Waals surface area contributed by atoms with Crippen molar-refractivity contribution >= 4 is 28.6 Å². The van der Waals surface area contributed by atoms with Gasteiger partial charge in [0.1, 0.15) is 5.82 Å². The van der Waals surface area contributed by atoms with Gasteiger partial charge in [-0.05, 0) is 25.5 Å². The molecule has 2 N–H and O–H groups in total. The average molecular weight is 292 g/mol. The number of nitrogens with two attached hydrogens (primary N) is 1. The lowest BCUT2D eigenvalue weighted by Crippen LogP contribution is -2.30. The highest BCUT2D eigenvalue weighted by atomic mass is 32.2. The zero-order chi connectivity index (χ0) is 13.9. The zero-order valence-electron chi connectivity index (χ0n) is 11.7. The van der Waals surface area contributed by atoms with Crippen molar-refractivity contribution in [2.24, 2.45) is 5.73 Å². The summed E-state index contributed by atoms with van der Waals surface area (Å²) in [6.45, 7) is 3.40. The molecule has 0 amide bonds. The van der Waals surface area contributed by atoms with Gasteiger partial charge >= 0.3 is 0 Å². The van der Waals surface area contributed by atoms with Gasteiger partial charge in [0.15, 0.2) is 10.8 Å². The van der Waals surface area contributed by atoms with Crippen LogP contribution >= 0.6 is 11.8 Å². The molecule has 6 nitrogen and oxygen atoms in total. The zero-order valence-corrected chi connectivity index (χ0v) is 12.6. The van der Waals surface area contributed by atoms with Crippen LogP contribution in [0.2, 0.25) is 0 Å². The maximum absolute atomic E-state index is 5.64. The van der Waals surface area contributed by atoms with Crippen LogP contribution in [0.1, 0.15) is 19.3 Å². The van der Waals surface area contributed by atoms with E-state index in [4.69, 9.17) is 10.7 Å². The van der Waals surface area contributed by atoms with E-state index >= 15 is 0 Å². The van der Waals surface area contributed by atoms with E-state index in [1.165, 1.54) is 19.3 Å². The van der Waals surface area contributed by atoms with Crippen LogP contribution < -0.4 is 10.6 Å². The van der Waals surface area contributed by atoms with Gasteiger partial charge in [-0.3, -0.25) is 0 Å². The summed E-state index contributed by atoms with van der Waals surface area (Å²) in [7, 11) is 0. The average Bonchev–Trinajstić information content (AvgIpc) is 2.91. The van der Waals surface area contributed by atoms with Gasteiger partial charge in [-0.2, -0.15) is 5.10 Å². The topological polar surface area (TPSA) is 72.9 Å². The van der Waals surface area contributed by atoms with Gasteiger partial charge in [0.05, 0.1) is 18.1 Å². The van der Waals surface area contributed by atoms with Crippen LogP contribution in [-0.2, 0) is 6.54 Å². The van der Waals surface area contributed by atoms with Crippen LogP contribution in [0.5, 0.6) is 0 Å². The molecule has 2 aromatic rings. The molecule has 0 aliphatic carbocycles. The van der Waals surface area contributed by atoms with Crippen LogP contribution in [0.3, 0.4) is 0 Å². The van der Waals surface area contributed by atoms with Crippen molar-refractivity contribution in [2.75, 3.05) is 30.8 Å². The van der Waals surface area contributed by atoms with Crippen LogP contribution in [0.15, 0.2) is 11.4 Å². The quantitative estimate of drug-likeness (QED) is 0.680. The van der Waals surface area contributed by atoms with Gasteiger partial charge in [-0.1, -0.05) is 11.8 Å². The molecule has 0 radical (unpaired) electrons. The first-order valence-electron chi connectivity index (χ1n) is 7.06. The first kappa shape index (κ1) is 13.6. The molecule has 108 valence electrons. The lowest BCUT2D eigenvalue weighted by molar-refractivity contribution is 0.572. The molecule has 0 aromatic carbocycles. The fraction of sp³-hybridized carbons (Fsp3) is 0.615. The second-order valence-corrected chi connectivity index (χ2v) is 5.75. The lowest BCUT2D eigenvalue weighted by Gasteiger charge is -2.28. The van der Waals surface area contributed by atoms with Gasteiger partial charge in [0.25, 0.3) is 0 Å². The van der Waals surface area contributed by atoms with Crippen molar-refractivity contribution in [2.45, 2.75) is 31.0 Å². The molecule has 1 aliphatic heterocycles. The number of aromatic nitrogens is 4. The molecule has 1 saturated heterocycles. The van der Waals surface area contributed by atoms with E-state index in [-0.39, 0.29) is 0 Å². The lowest BCUT2D eigenvalue weighted by atomic mass is 10.1. The molecule has 0 spiro atoms. The van der Waals surface area contributed by atoms with E-state index in [0.717, 1.165) is 35.1 Å². The highest BCUT2D eigenvalue weighted by Gasteiger charge is 2.19. The highest BCUT2D eigenvalue weighted by Crippen LogP contribution is 2.28. The number of hydrogen-bond acceptors (Lipinski definition) is 6. The number of nitrogens with zero attached hydrogens (tertiary/aromatic N) is 5. The van der Waals surface area contributed by atoms with Crippen molar-refractivity contribution in [3.05, 3.63) is 6.20 Å². The minimum Gasteiger partial charge on any atom is -0.356 e. The minimum atomic E-state index is 0.564. The van der Waals surface area contributed by atoms with Crippen molar-refractivity contribution in [3.8, 4) is 0 Å². The molecular formula is C13H20N6S. The van der Waals surface area contributed by atoms with E-state index in [1.54, 1.807) is 11.8 Å². The normalized spacial score (nSPS) is 16.0. The number of rotatable bonds is 4. The molecule has 1 aliphatic rings. The molecule has 2 aromatic heterocycles. The Balaban J connectivity index is 2.09. The molecule has 0 bridgehead atoms. The van der Waals surface area contributed by atoms with E-state index in [2.05, 4.69) is 15.0 Å². The van der Waals surface area contributed by atoms with Gasteiger partial charge in [0, 0.05) is 19.6 Å². The second-order valence-electron chi connectivity index (χ2n) is 4.98. The Labute approximate surface area is 122 Å². The molecule has 20 heavy (non-hydrogen) atoms. The van der Waals surface area contributed by atoms with Crippen molar-refractivity contribution in [1.29, 1.82) is 0 Å². The third-order valence-corrected chi connectivity index (χ3v) is 4.18. The van der Waals surface area contributed by atoms with Gasteiger partial charge in [0.2, 0.25) is 0 Å². The Kier molecular flexibility index (Phi) is 4.07. The highest BCUT2D eigenvalue weighted by molar-refractivity contribution is 7.98. The SMILES string of the molecule is CSc1nc(N2CCCCC2)c2cnn(CCN)c2n1. The maximum Gasteiger partial charge on any atom is 0.191 e. The van der Waals surface area contributed by atoms with E-state index in [1.807, 2.05) is 17.1 Å². The number of fused-ring (bicyclic) bond motifs is 1. The Hall–Kier alpha value is -1.34. The standard InChI is InChI=1S/C13H20N6S/c1-20-13-16-11(18-6-3-2-4-7-18)10-9-15-19(8-5-14)12(10)17-13/h9H,2-8,14H2,1H3. The summed E-state index contributed by atoms with van der Waals surface area (Å²) in [5.41, 5.74) is 6.54. The third-order valence-electron chi connectivity index (χ3n) is 3.63.